The van der Waals surface area contributed by atoms with Crippen molar-refractivity contribution in [3.05, 3.63) is 53.7 Å². The molecule has 1 saturated heterocycles. The molecule has 34 heavy (non-hydrogen) atoms. The minimum atomic E-state index is -0.384. The summed E-state index contributed by atoms with van der Waals surface area (Å²) in [4.78, 5) is 35.2. The first-order chi connectivity index (χ1) is 16.6. The van der Waals surface area contributed by atoms with Crippen molar-refractivity contribution in [1.29, 1.82) is 0 Å². The zero-order valence-electron chi connectivity index (χ0n) is 20.2. The van der Waals surface area contributed by atoms with Crippen molar-refractivity contribution in [3.8, 4) is 0 Å². The molecule has 0 bridgehead atoms. The van der Waals surface area contributed by atoms with Gasteiger partial charge in [0.15, 0.2) is 5.78 Å². The van der Waals surface area contributed by atoms with Crippen molar-refractivity contribution in [1.82, 2.24) is 14.9 Å². The second-order valence-electron chi connectivity index (χ2n) is 9.10. The van der Waals surface area contributed by atoms with Gasteiger partial charge in [-0.15, -0.1) is 0 Å². The molecule has 3 heterocycles. The Labute approximate surface area is 201 Å². The molecule has 3 aromatic rings. The molecule has 1 aliphatic rings. The van der Waals surface area contributed by atoms with E-state index >= 15 is 0 Å². The lowest BCUT2D eigenvalue weighted by molar-refractivity contribution is 0.0988. The number of anilines is 2. The van der Waals surface area contributed by atoms with E-state index in [1.165, 1.54) is 31.4 Å². The quantitative estimate of drug-likeness (QED) is 0.263. The number of hydrogen-bond acceptors (Lipinski definition) is 4. The van der Waals surface area contributed by atoms with Crippen LogP contribution in [0.25, 0.3) is 11.0 Å². The fourth-order valence-electron chi connectivity index (χ4n) is 4.71. The number of nitrogens with one attached hydrogen (secondary N) is 3. The van der Waals surface area contributed by atoms with Crippen LogP contribution in [-0.2, 0) is 0 Å². The minimum Gasteiger partial charge on any atom is -0.360 e. The summed E-state index contributed by atoms with van der Waals surface area (Å²) < 4.78 is 0. The number of pyridine rings is 1. The normalized spacial score (nSPS) is 14.9. The fraction of sp³-hybridized carbons (Fsp3) is 0.444. The summed E-state index contributed by atoms with van der Waals surface area (Å²) >= 11 is 0. The van der Waals surface area contributed by atoms with Crippen LogP contribution in [0.3, 0.4) is 0 Å². The number of fused-ring (bicyclic) bond motifs is 1. The lowest BCUT2D eigenvalue weighted by Gasteiger charge is -2.31. The maximum Gasteiger partial charge on any atom is 0.324 e. The van der Waals surface area contributed by atoms with Crippen molar-refractivity contribution in [2.45, 2.75) is 58.3 Å². The van der Waals surface area contributed by atoms with E-state index in [0.717, 1.165) is 37.0 Å². The second-order valence-corrected chi connectivity index (χ2v) is 9.10. The third-order valence-corrected chi connectivity index (χ3v) is 6.66. The maximum atomic E-state index is 12.6. The molecule has 1 aliphatic heterocycles. The van der Waals surface area contributed by atoms with Crippen molar-refractivity contribution in [3.63, 3.8) is 0 Å². The topological polar surface area (TPSA) is 90.1 Å². The maximum absolute atomic E-state index is 12.6. The molecule has 180 valence electrons. The Hall–Kier alpha value is -3.19. The Bertz CT molecular complexity index is 1130. The third-order valence-electron chi connectivity index (χ3n) is 6.66. The van der Waals surface area contributed by atoms with E-state index in [0.29, 0.717) is 29.4 Å². The largest absolute Gasteiger partial charge is 0.360 e. The van der Waals surface area contributed by atoms with Gasteiger partial charge in [-0.3, -0.25) is 10.1 Å². The van der Waals surface area contributed by atoms with Gasteiger partial charge in [-0.25, -0.2) is 9.78 Å². The Morgan fingerprint density at radius 3 is 2.68 bits per heavy atom. The van der Waals surface area contributed by atoms with Crippen molar-refractivity contribution < 1.29 is 9.59 Å². The summed E-state index contributed by atoms with van der Waals surface area (Å²) in [5.74, 6) is 1.03. The number of piperidine rings is 1. The number of likely N-dealkylation sites (tertiary alicyclic amines) is 1. The average Bonchev–Trinajstić information content (AvgIpc) is 3.27. The summed E-state index contributed by atoms with van der Waals surface area (Å²) in [7, 11) is 0. The summed E-state index contributed by atoms with van der Waals surface area (Å²) in [5.41, 5.74) is 4.31. The number of aromatic amines is 1. The first-order valence-electron chi connectivity index (χ1n) is 12.5. The molecule has 0 atom stereocenters. The zero-order chi connectivity index (χ0) is 23.9. The molecule has 7 nitrogen and oxygen atoms in total. The smallest absolute Gasteiger partial charge is 0.324 e. The van der Waals surface area contributed by atoms with E-state index in [1.807, 2.05) is 13.0 Å². The monoisotopic (exact) mass is 461 g/mol. The Morgan fingerprint density at radius 1 is 1.09 bits per heavy atom. The van der Waals surface area contributed by atoms with Gasteiger partial charge in [0.25, 0.3) is 0 Å². The van der Waals surface area contributed by atoms with E-state index in [1.54, 1.807) is 30.3 Å². The predicted molar refractivity (Wildman–Crippen MR) is 138 cm³/mol. The highest BCUT2D eigenvalue weighted by molar-refractivity contribution is 6.01. The number of nitrogens with zero attached hydrogens (tertiary/aromatic N) is 2. The number of aromatic nitrogens is 2. The summed E-state index contributed by atoms with van der Waals surface area (Å²) in [6, 6.07) is 10.4. The number of urea groups is 1. The van der Waals surface area contributed by atoms with Crippen LogP contribution in [0.15, 0.2) is 42.6 Å². The highest BCUT2D eigenvalue weighted by Crippen LogP contribution is 2.33. The van der Waals surface area contributed by atoms with Gasteiger partial charge >= 0.3 is 6.03 Å². The number of rotatable bonds is 9. The highest BCUT2D eigenvalue weighted by atomic mass is 16.2. The predicted octanol–water partition coefficient (Wildman–Crippen LogP) is 6.17. The number of Topliss-reactive ketones (excluding diaryl/α,β-unsaturated/α-hetero) is 1. The van der Waals surface area contributed by atoms with Gasteiger partial charge in [0.05, 0.1) is 11.0 Å². The first kappa shape index (κ1) is 24.0. The molecular formula is C27H35N5O2. The average molecular weight is 462 g/mol. The third kappa shape index (κ3) is 5.83. The minimum absolute atomic E-state index is 0.0444. The molecule has 4 rings (SSSR count). The van der Waals surface area contributed by atoms with Gasteiger partial charge in [-0.05, 0) is 74.6 Å². The number of benzene rings is 1. The Kier molecular flexibility index (Phi) is 7.95. The van der Waals surface area contributed by atoms with Gasteiger partial charge in [0, 0.05) is 23.9 Å². The molecule has 1 aromatic carbocycles. The van der Waals surface area contributed by atoms with Crippen molar-refractivity contribution in [2.24, 2.45) is 0 Å². The molecule has 0 spiro atoms. The second kappa shape index (κ2) is 11.3. The standard InChI is InChI=1S/C27H35N5O2/c1-3-5-6-14-32-15-12-19(13-16-32)22-18-28-23-10-11-25(30-26(22)23)31-27(34)29-21-9-7-8-20(17-21)24(33)4-2/h7-11,17-19,28H,3-6,12-16H2,1-2H3,(H2,29,30,31,34). The van der Waals surface area contributed by atoms with Crippen molar-refractivity contribution in [2.75, 3.05) is 30.3 Å². The molecule has 0 radical (unpaired) electrons. The van der Waals surface area contributed by atoms with E-state index in [-0.39, 0.29) is 11.8 Å². The molecule has 2 amide bonds. The van der Waals surface area contributed by atoms with E-state index < -0.39 is 0 Å². The molecule has 3 N–H and O–H groups in total. The van der Waals surface area contributed by atoms with E-state index in [2.05, 4.69) is 33.6 Å². The van der Waals surface area contributed by atoms with Gasteiger partial charge in [0.1, 0.15) is 5.82 Å². The molecule has 0 unspecified atom stereocenters. The molecule has 2 aromatic heterocycles. The lowest BCUT2D eigenvalue weighted by Crippen LogP contribution is -2.33. The molecule has 7 heteroatoms. The first-order valence-corrected chi connectivity index (χ1v) is 12.5. The molecule has 0 saturated carbocycles. The van der Waals surface area contributed by atoms with Crippen molar-refractivity contribution >= 4 is 34.4 Å². The number of amides is 2. The SMILES string of the molecule is CCCCCN1CCC(c2c[nH]c3ccc(NC(=O)Nc4cccc(C(=O)CC)c4)nc23)CC1. The zero-order valence-corrected chi connectivity index (χ0v) is 20.2. The van der Waals surface area contributed by atoms with Crippen LogP contribution in [0.4, 0.5) is 16.3 Å². The van der Waals surface area contributed by atoms with E-state index in [9.17, 15) is 9.59 Å². The number of ketones is 1. The van der Waals surface area contributed by atoms with Gasteiger partial charge in [-0.1, -0.05) is 38.8 Å². The summed E-state index contributed by atoms with van der Waals surface area (Å²) in [6.07, 6.45) is 8.61. The van der Waals surface area contributed by atoms with Gasteiger partial charge in [-0.2, -0.15) is 0 Å². The van der Waals surface area contributed by atoms with Gasteiger partial charge in [0.2, 0.25) is 0 Å². The fourth-order valence-corrected chi connectivity index (χ4v) is 4.71. The van der Waals surface area contributed by atoms with Gasteiger partial charge < -0.3 is 15.2 Å². The van der Waals surface area contributed by atoms with Crippen LogP contribution in [0.2, 0.25) is 0 Å². The van der Waals surface area contributed by atoms with Crippen LogP contribution < -0.4 is 10.6 Å². The van der Waals surface area contributed by atoms with Crippen LogP contribution in [0, 0.1) is 0 Å². The number of carbonyl (C=O) groups is 2. The van der Waals surface area contributed by atoms with E-state index in [4.69, 9.17) is 4.98 Å². The molecule has 0 aliphatic carbocycles. The number of H-pyrrole nitrogens is 1. The van der Waals surface area contributed by atoms with Crippen LogP contribution in [0.5, 0.6) is 0 Å². The number of unbranched alkanes of at least 4 members (excludes halogenated alkanes) is 2. The summed E-state index contributed by atoms with van der Waals surface area (Å²) in [5, 5.41) is 5.63. The number of carbonyl (C=O) groups excluding carboxylic acids is 2. The lowest BCUT2D eigenvalue weighted by atomic mass is 9.90. The number of hydrogen-bond donors (Lipinski definition) is 3. The Balaban J connectivity index is 1.40. The Morgan fingerprint density at radius 2 is 1.91 bits per heavy atom. The molecular weight excluding hydrogens is 426 g/mol. The van der Waals surface area contributed by atoms with Crippen LogP contribution in [0.1, 0.15) is 74.2 Å². The van der Waals surface area contributed by atoms with Crippen LogP contribution in [-0.4, -0.2) is 46.3 Å². The molecule has 1 fully saturated rings. The van der Waals surface area contributed by atoms with Crippen LogP contribution >= 0.6 is 0 Å². The summed E-state index contributed by atoms with van der Waals surface area (Å²) in [6.45, 7) is 7.52. The highest BCUT2D eigenvalue weighted by Gasteiger charge is 2.23.